The maximum Gasteiger partial charge on any atom is 0.277 e. The summed E-state index contributed by atoms with van der Waals surface area (Å²) in [6.07, 6.45) is 5.45. The Bertz CT molecular complexity index is 1610. The summed E-state index contributed by atoms with van der Waals surface area (Å²) in [6, 6.07) is 7.80. The highest BCUT2D eigenvalue weighted by Crippen LogP contribution is 2.29. The molecular formula is C33H45N5O2S. The SMILES string of the molecule is C=C(C)c1cc2nc3n(CCCN4CCCC4)c4cc(C(=O)N(CCC(C)C)CCC(C)C)ccc4n3c(=O)c2s1. The summed E-state index contributed by atoms with van der Waals surface area (Å²) in [5.41, 5.74) is 3.97. The molecule has 1 saturated heterocycles. The lowest BCUT2D eigenvalue weighted by molar-refractivity contribution is 0.0741. The Hall–Kier alpha value is -2.97. The summed E-state index contributed by atoms with van der Waals surface area (Å²) in [5, 5.41) is 0. The van der Waals surface area contributed by atoms with Gasteiger partial charge in [0.2, 0.25) is 5.78 Å². The van der Waals surface area contributed by atoms with Gasteiger partial charge in [0.15, 0.2) is 0 Å². The second-order valence-electron chi connectivity index (χ2n) is 12.6. The molecule has 0 saturated carbocycles. The van der Waals surface area contributed by atoms with E-state index in [2.05, 4.69) is 43.7 Å². The van der Waals surface area contributed by atoms with E-state index < -0.39 is 0 Å². The quantitative estimate of drug-likeness (QED) is 0.184. The van der Waals surface area contributed by atoms with E-state index in [1.54, 1.807) is 4.40 Å². The summed E-state index contributed by atoms with van der Waals surface area (Å²) in [4.78, 5) is 38.3. The van der Waals surface area contributed by atoms with Gasteiger partial charge in [-0.05, 0) is 100 Å². The highest BCUT2D eigenvalue weighted by atomic mass is 32.1. The number of carbonyl (C=O) groups is 1. The van der Waals surface area contributed by atoms with Crippen molar-refractivity contribution in [3.05, 3.63) is 51.6 Å². The number of rotatable bonds is 12. The maximum absolute atomic E-state index is 13.9. The molecule has 0 unspecified atom stereocenters. The standard InChI is InChI=1S/C33H45N5O2S/c1-22(2)12-18-36(19-13-23(3)4)31(39)25-10-11-27-28(20-25)37(17-9-16-35-14-7-8-15-35)33-34-26-21-29(24(5)6)41-30(26)32(40)38(27)33/h10-11,20-23H,5,7-9,12-19H2,1-4,6H3. The third kappa shape index (κ3) is 6.28. The number of benzene rings is 1. The van der Waals surface area contributed by atoms with Crippen LogP contribution in [0.2, 0.25) is 0 Å². The van der Waals surface area contributed by atoms with E-state index in [0.29, 0.717) is 33.4 Å². The zero-order valence-electron chi connectivity index (χ0n) is 25.4. The van der Waals surface area contributed by atoms with E-state index in [4.69, 9.17) is 4.98 Å². The Labute approximate surface area is 247 Å². The Morgan fingerprint density at radius 1 is 1.02 bits per heavy atom. The lowest BCUT2D eigenvalue weighted by atomic mass is 10.1. The van der Waals surface area contributed by atoms with Gasteiger partial charge < -0.3 is 14.4 Å². The highest BCUT2D eigenvalue weighted by Gasteiger charge is 2.22. The Morgan fingerprint density at radius 2 is 1.71 bits per heavy atom. The van der Waals surface area contributed by atoms with E-state index in [9.17, 15) is 9.59 Å². The van der Waals surface area contributed by atoms with Crippen LogP contribution < -0.4 is 5.56 Å². The van der Waals surface area contributed by atoms with Crippen LogP contribution >= 0.6 is 11.3 Å². The van der Waals surface area contributed by atoms with E-state index in [-0.39, 0.29) is 11.5 Å². The number of carbonyl (C=O) groups excluding carboxylic acids is 1. The number of allylic oxidation sites excluding steroid dienone is 1. The smallest absolute Gasteiger partial charge is 0.277 e. The highest BCUT2D eigenvalue weighted by molar-refractivity contribution is 7.19. The number of amides is 1. The first-order valence-electron chi connectivity index (χ1n) is 15.3. The Kier molecular flexibility index (Phi) is 9.00. The number of imidazole rings is 1. The van der Waals surface area contributed by atoms with Crippen LogP contribution in [0, 0.1) is 11.8 Å². The van der Waals surface area contributed by atoms with E-state index >= 15 is 0 Å². The molecule has 0 atom stereocenters. The van der Waals surface area contributed by atoms with Crippen molar-refractivity contribution in [1.82, 2.24) is 23.8 Å². The molecule has 8 heteroatoms. The van der Waals surface area contributed by atoms with Gasteiger partial charge in [0.1, 0.15) is 4.70 Å². The molecule has 1 aliphatic heterocycles. The summed E-state index contributed by atoms with van der Waals surface area (Å²) < 4.78 is 4.55. The lowest BCUT2D eigenvalue weighted by Crippen LogP contribution is -2.34. The predicted molar refractivity (Wildman–Crippen MR) is 172 cm³/mol. The topological polar surface area (TPSA) is 62.9 Å². The number of hydrogen-bond donors (Lipinski definition) is 0. The van der Waals surface area contributed by atoms with Gasteiger partial charge >= 0.3 is 0 Å². The van der Waals surface area contributed by atoms with Gasteiger partial charge in [-0.15, -0.1) is 11.3 Å². The van der Waals surface area contributed by atoms with Gasteiger partial charge in [0, 0.05) is 30.1 Å². The second kappa shape index (κ2) is 12.5. The first kappa shape index (κ1) is 29.5. The fraction of sp³-hybridized carbons (Fsp3) is 0.545. The number of fused-ring (bicyclic) bond motifs is 4. The van der Waals surface area contributed by atoms with Crippen molar-refractivity contribution in [2.24, 2.45) is 11.8 Å². The molecule has 1 fully saturated rings. The number of aromatic nitrogens is 3. The number of thiophene rings is 1. The van der Waals surface area contributed by atoms with Crippen molar-refractivity contribution < 1.29 is 4.79 Å². The van der Waals surface area contributed by atoms with Crippen LogP contribution in [0.5, 0.6) is 0 Å². The van der Waals surface area contributed by atoms with E-state index in [0.717, 1.165) is 80.0 Å². The van der Waals surface area contributed by atoms with Crippen LogP contribution in [-0.4, -0.2) is 62.4 Å². The van der Waals surface area contributed by atoms with Crippen molar-refractivity contribution in [3.63, 3.8) is 0 Å². The average molecular weight is 576 g/mol. The van der Waals surface area contributed by atoms with Crippen LogP contribution in [0.4, 0.5) is 0 Å². The molecule has 4 aromatic rings. The first-order chi connectivity index (χ1) is 19.6. The van der Waals surface area contributed by atoms with Gasteiger partial charge in [-0.3, -0.25) is 9.59 Å². The largest absolute Gasteiger partial charge is 0.339 e. The Balaban J connectivity index is 1.59. The molecule has 0 spiro atoms. The van der Waals surface area contributed by atoms with Crippen molar-refractivity contribution in [2.75, 3.05) is 32.7 Å². The number of hydrogen-bond acceptors (Lipinski definition) is 5. The zero-order valence-corrected chi connectivity index (χ0v) is 26.2. The van der Waals surface area contributed by atoms with Crippen molar-refractivity contribution in [2.45, 2.75) is 73.3 Å². The number of likely N-dealkylation sites (tertiary alicyclic amines) is 1. The number of aryl methyl sites for hydroxylation is 1. The maximum atomic E-state index is 13.9. The van der Waals surface area contributed by atoms with Gasteiger partial charge in [-0.25, -0.2) is 9.38 Å². The van der Waals surface area contributed by atoms with Crippen molar-refractivity contribution in [1.29, 1.82) is 0 Å². The molecule has 41 heavy (non-hydrogen) atoms. The minimum atomic E-state index is -0.0552. The minimum Gasteiger partial charge on any atom is -0.339 e. The van der Waals surface area contributed by atoms with Crippen molar-refractivity contribution >= 4 is 49.8 Å². The second-order valence-corrected chi connectivity index (χ2v) is 13.6. The molecule has 0 N–H and O–H groups in total. The van der Waals surface area contributed by atoms with Crippen LogP contribution in [0.3, 0.4) is 0 Å². The molecule has 1 aliphatic rings. The van der Waals surface area contributed by atoms with Gasteiger partial charge in [-0.1, -0.05) is 34.3 Å². The third-order valence-corrected chi connectivity index (χ3v) is 9.52. The zero-order chi connectivity index (χ0) is 29.3. The average Bonchev–Trinajstić information content (AvgIpc) is 3.67. The van der Waals surface area contributed by atoms with Crippen LogP contribution in [0.15, 0.2) is 35.6 Å². The molecule has 0 radical (unpaired) electrons. The lowest BCUT2D eigenvalue weighted by Gasteiger charge is -2.24. The molecule has 5 rings (SSSR count). The van der Waals surface area contributed by atoms with Gasteiger partial charge in [0.25, 0.3) is 11.5 Å². The fourth-order valence-electron chi connectivity index (χ4n) is 5.75. The Morgan fingerprint density at radius 3 is 2.34 bits per heavy atom. The molecule has 1 amide bonds. The molecule has 0 aliphatic carbocycles. The van der Waals surface area contributed by atoms with Crippen LogP contribution in [0.1, 0.15) is 82.0 Å². The molecule has 220 valence electrons. The summed E-state index contributed by atoms with van der Waals surface area (Å²) in [7, 11) is 0. The third-order valence-electron chi connectivity index (χ3n) is 8.24. The monoisotopic (exact) mass is 575 g/mol. The van der Waals surface area contributed by atoms with E-state index in [1.165, 1.54) is 24.2 Å². The molecule has 4 heterocycles. The molecule has 0 bridgehead atoms. The molecule has 1 aromatic carbocycles. The summed E-state index contributed by atoms with van der Waals surface area (Å²) >= 11 is 1.45. The summed E-state index contributed by atoms with van der Waals surface area (Å²) in [5.74, 6) is 1.77. The normalized spacial score (nSPS) is 14.4. The fourth-order valence-corrected chi connectivity index (χ4v) is 6.70. The first-order valence-corrected chi connectivity index (χ1v) is 16.1. The molecule has 3 aromatic heterocycles. The van der Waals surface area contributed by atoms with Crippen molar-refractivity contribution in [3.8, 4) is 0 Å². The predicted octanol–water partition coefficient (Wildman–Crippen LogP) is 6.92. The van der Waals surface area contributed by atoms with Gasteiger partial charge in [0.05, 0.1) is 16.6 Å². The minimum absolute atomic E-state index is 0.0552. The van der Waals surface area contributed by atoms with Crippen LogP contribution in [0.25, 0.3) is 32.6 Å². The molecule has 7 nitrogen and oxygen atoms in total. The van der Waals surface area contributed by atoms with E-state index in [1.807, 2.05) is 36.1 Å². The van der Waals surface area contributed by atoms with Gasteiger partial charge in [-0.2, -0.15) is 0 Å². The van der Waals surface area contributed by atoms with Crippen LogP contribution in [-0.2, 0) is 6.54 Å². The summed E-state index contributed by atoms with van der Waals surface area (Å²) in [6.45, 7) is 20.4. The number of nitrogens with zero attached hydrogens (tertiary/aromatic N) is 5. The molecular weight excluding hydrogens is 530 g/mol.